The van der Waals surface area contributed by atoms with Gasteiger partial charge in [-0.15, -0.1) is 0 Å². The van der Waals surface area contributed by atoms with Crippen LogP contribution in [0.5, 0.6) is 34.6 Å². The van der Waals surface area contributed by atoms with Gasteiger partial charge in [0.1, 0.15) is 5.75 Å². The Labute approximate surface area is 212 Å². The van der Waals surface area contributed by atoms with Crippen LogP contribution in [0.4, 0.5) is 5.69 Å². The van der Waals surface area contributed by atoms with Crippen molar-refractivity contribution >= 4 is 15.5 Å². The molecule has 1 aromatic carbocycles. The van der Waals surface area contributed by atoms with Crippen molar-refractivity contribution in [3.8, 4) is 34.6 Å². The lowest BCUT2D eigenvalue weighted by Crippen LogP contribution is -2.45. The number of hydrogen-bond acceptors (Lipinski definition) is 8. The second kappa shape index (κ2) is 11.9. The van der Waals surface area contributed by atoms with Crippen LogP contribution in [0.25, 0.3) is 0 Å². The molecule has 2 rings (SSSR count). The number of benzene rings is 1. The summed E-state index contributed by atoms with van der Waals surface area (Å²) in [7, 11) is 5.57. The molecule has 0 saturated carbocycles. The van der Waals surface area contributed by atoms with E-state index in [1.165, 1.54) is 0 Å². The van der Waals surface area contributed by atoms with Gasteiger partial charge in [-0.3, -0.25) is 0 Å². The standard InChI is InChI=1S/C26H42N2O6Si/c1-12-21(26(6,7)34-35-25(3,4)5)28-18-13-16(2)27-24(22(18)32-11)33-23-19(30-9)14-17(29-8)15-20(23)31-10/h13-15,21H,12,35H2,1-11H3,(H,27,28). The third-order valence-electron chi connectivity index (χ3n) is 5.60. The third kappa shape index (κ3) is 7.41. The number of hydrogen-bond donors (Lipinski definition) is 1. The van der Waals surface area contributed by atoms with Gasteiger partial charge in [0.15, 0.2) is 21.3 Å². The van der Waals surface area contributed by atoms with Gasteiger partial charge in [0.25, 0.3) is 5.88 Å². The average molecular weight is 507 g/mol. The highest BCUT2D eigenvalue weighted by molar-refractivity contribution is 6.31. The zero-order valence-corrected chi connectivity index (χ0v) is 24.5. The van der Waals surface area contributed by atoms with Crippen molar-refractivity contribution in [2.75, 3.05) is 33.8 Å². The molecule has 0 bridgehead atoms. The number of aromatic nitrogens is 1. The molecular weight excluding hydrogens is 464 g/mol. The first-order valence-corrected chi connectivity index (χ1v) is 13.1. The maximum absolute atomic E-state index is 6.47. The molecule has 0 amide bonds. The Morgan fingerprint density at radius 1 is 0.886 bits per heavy atom. The quantitative estimate of drug-likeness (QED) is 0.378. The van der Waals surface area contributed by atoms with Crippen LogP contribution in [-0.4, -0.2) is 54.8 Å². The van der Waals surface area contributed by atoms with Gasteiger partial charge in [0, 0.05) is 17.8 Å². The molecule has 8 nitrogen and oxygen atoms in total. The van der Waals surface area contributed by atoms with Crippen molar-refractivity contribution in [1.29, 1.82) is 0 Å². The van der Waals surface area contributed by atoms with Crippen LogP contribution in [0.3, 0.4) is 0 Å². The summed E-state index contributed by atoms with van der Waals surface area (Å²) in [6.45, 7) is 15.0. The third-order valence-corrected chi connectivity index (χ3v) is 7.35. The molecule has 1 aromatic heterocycles. The smallest absolute Gasteiger partial charge is 0.265 e. The summed E-state index contributed by atoms with van der Waals surface area (Å²) >= 11 is 0. The van der Waals surface area contributed by atoms with Crippen LogP contribution < -0.4 is 29.0 Å². The van der Waals surface area contributed by atoms with Crippen LogP contribution in [0.2, 0.25) is 5.04 Å². The molecule has 0 saturated heterocycles. The van der Waals surface area contributed by atoms with Crippen LogP contribution in [0.15, 0.2) is 18.2 Å². The summed E-state index contributed by atoms with van der Waals surface area (Å²) < 4.78 is 34.9. The first kappa shape index (κ1) is 28.6. The Morgan fingerprint density at radius 2 is 1.49 bits per heavy atom. The highest BCUT2D eigenvalue weighted by atomic mass is 28.2. The lowest BCUT2D eigenvalue weighted by Gasteiger charge is -2.38. The zero-order chi connectivity index (χ0) is 26.4. The molecule has 1 unspecified atom stereocenters. The number of nitrogens with zero attached hydrogens (tertiary/aromatic N) is 1. The van der Waals surface area contributed by atoms with Gasteiger partial charge in [0.05, 0.1) is 45.8 Å². The molecule has 1 atom stereocenters. The fraction of sp³-hybridized carbons (Fsp3) is 0.577. The van der Waals surface area contributed by atoms with Crippen LogP contribution >= 0.6 is 0 Å². The zero-order valence-electron chi connectivity index (χ0n) is 23.1. The minimum absolute atomic E-state index is 0.0472. The number of pyridine rings is 1. The predicted octanol–water partition coefficient (Wildman–Crippen LogP) is 5.50. The van der Waals surface area contributed by atoms with Crippen molar-refractivity contribution in [2.45, 2.75) is 71.6 Å². The summed E-state index contributed by atoms with van der Waals surface area (Å²) in [4.78, 5) is 4.60. The van der Waals surface area contributed by atoms with Gasteiger partial charge in [-0.2, -0.15) is 0 Å². The van der Waals surface area contributed by atoms with Crippen molar-refractivity contribution in [2.24, 2.45) is 0 Å². The van der Waals surface area contributed by atoms with Crippen LogP contribution in [0.1, 0.15) is 53.7 Å². The summed E-state index contributed by atoms with van der Waals surface area (Å²) in [5, 5.41) is 3.84. The molecule has 0 aliphatic carbocycles. The molecule has 196 valence electrons. The summed E-state index contributed by atoms with van der Waals surface area (Å²) in [5.74, 6) is 2.66. The Kier molecular flexibility index (Phi) is 9.68. The van der Waals surface area contributed by atoms with E-state index in [1.807, 2.05) is 13.0 Å². The SMILES string of the molecule is CCC(Nc1cc(C)nc(Oc2c(OC)cc(OC)cc2OC)c1OC)C(C)(C)O[SiH2]C(C)(C)C. The van der Waals surface area contributed by atoms with E-state index in [9.17, 15) is 0 Å². The van der Waals surface area contributed by atoms with Crippen LogP contribution in [-0.2, 0) is 4.43 Å². The Bertz CT molecular complexity index is 966. The van der Waals surface area contributed by atoms with E-state index in [-0.39, 0.29) is 16.7 Å². The fourth-order valence-corrected chi connectivity index (χ4v) is 4.64. The Balaban J connectivity index is 2.47. The molecule has 1 heterocycles. The number of rotatable bonds is 12. The molecule has 0 radical (unpaired) electrons. The van der Waals surface area contributed by atoms with Crippen molar-refractivity contribution < 1.29 is 28.1 Å². The second-order valence-electron chi connectivity index (χ2n) is 10.2. The van der Waals surface area contributed by atoms with Gasteiger partial charge in [0.2, 0.25) is 11.5 Å². The molecule has 0 spiro atoms. The second-order valence-corrected chi connectivity index (χ2v) is 12.9. The number of nitrogens with one attached hydrogen (secondary N) is 1. The molecule has 35 heavy (non-hydrogen) atoms. The van der Waals surface area contributed by atoms with Crippen LogP contribution in [0, 0.1) is 6.92 Å². The predicted molar refractivity (Wildman–Crippen MR) is 143 cm³/mol. The minimum atomic E-state index is -0.732. The summed E-state index contributed by atoms with van der Waals surface area (Å²) in [6.07, 6.45) is 0.867. The fourth-order valence-electron chi connectivity index (χ4n) is 3.64. The van der Waals surface area contributed by atoms with Gasteiger partial charge >= 0.3 is 0 Å². The normalized spacial score (nSPS) is 13.0. The highest BCUT2D eigenvalue weighted by Gasteiger charge is 2.32. The van der Waals surface area contributed by atoms with E-state index < -0.39 is 9.76 Å². The van der Waals surface area contributed by atoms with Gasteiger partial charge in [-0.1, -0.05) is 27.7 Å². The topological polar surface area (TPSA) is 80.3 Å². The van der Waals surface area contributed by atoms with Crippen molar-refractivity contribution in [3.63, 3.8) is 0 Å². The van der Waals surface area contributed by atoms with Crippen molar-refractivity contribution in [1.82, 2.24) is 4.98 Å². The maximum Gasteiger partial charge on any atom is 0.265 e. The maximum atomic E-state index is 6.47. The van der Waals surface area contributed by atoms with Gasteiger partial charge in [-0.25, -0.2) is 4.98 Å². The molecular formula is C26H42N2O6Si. The van der Waals surface area contributed by atoms with Gasteiger partial charge < -0.3 is 33.4 Å². The number of ether oxygens (including phenoxy) is 5. The first-order valence-electron chi connectivity index (χ1n) is 11.8. The number of methoxy groups -OCH3 is 4. The Hall–Kier alpha value is -2.65. The summed E-state index contributed by atoms with van der Waals surface area (Å²) in [5.41, 5.74) is 1.19. The van der Waals surface area contributed by atoms with E-state index in [0.717, 1.165) is 17.8 Å². The molecule has 9 heteroatoms. The van der Waals surface area contributed by atoms with E-state index in [2.05, 4.69) is 51.8 Å². The van der Waals surface area contributed by atoms with E-state index in [0.29, 0.717) is 34.6 Å². The monoisotopic (exact) mass is 506 g/mol. The largest absolute Gasteiger partial charge is 0.496 e. The lowest BCUT2D eigenvalue weighted by atomic mass is 9.96. The van der Waals surface area contributed by atoms with E-state index >= 15 is 0 Å². The van der Waals surface area contributed by atoms with Crippen molar-refractivity contribution in [3.05, 3.63) is 23.9 Å². The molecule has 2 aromatic rings. The molecule has 0 aliphatic heterocycles. The average Bonchev–Trinajstić information content (AvgIpc) is 2.80. The molecule has 1 N–H and O–H groups in total. The Morgan fingerprint density at radius 3 is 1.94 bits per heavy atom. The lowest BCUT2D eigenvalue weighted by molar-refractivity contribution is 0.0858. The summed E-state index contributed by atoms with van der Waals surface area (Å²) in [6, 6.07) is 5.45. The van der Waals surface area contributed by atoms with Gasteiger partial charge in [-0.05, 0) is 38.3 Å². The first-order chi connectivity index (χ1) is 16.4. The van der Waals surface area contributed by atoms with E-state index in [4.69, 9.17) is 28.1 Å². The highest BCUT2D eigenvalue weighted by Crippen LogP contribution is 2.46. The minimum Gasteiger partial charge on any atom is -0.496 e. The number of anilines is 1. The van der Waals surface area contributed by atoms with E-state index in [1.54, 1.807) is 40.6 Å². The number of aryl methyl sites for hydroxylation is 1. The molecule has 0 fully saturated rings. The molecule has 0 aliphatic rings.